The summed E-state index contributed by atoms with van der Waals surface area (Å²) in [5, 5.41) is 3.81. The van der Waals surface area contributed by atoms with Crippen molar-refractivity contribution in [1.29, 1.82) is 0 Å². The minimum absolute atomic E-state index is 0.410. The molecule has 1 amide bonds. The number of para-hydroxylation sites is 1. The van der Waals surface area contributed by atoms with Gasteiger partial charge in [-0.15, -0.1) is 0 Å². The van der Waals surface area contributed by atoms with E-state index in [1.54, 1.807) is 0 Å². The molecule has 1 unspecified atom stereocenters. The number of hydrogen-bond acceptors (Lipinski definition) is 2. The molecule has 1 N–H and O–H groups in total. The highest BCUT2D eigenvalue weighted by molar-refractivity contribution is 5.78. The Bertz CT molecular complexity index is 544. The Morgan fingerprint density at radius 2 is 2.05 bits per heavy atom. The van der Waals surface area contributed by atoms with E-state index < -0.39 is 0 Å². The summed E-state index contributed by atoms with van der Waals surface area (Å²) in [6.07, 6.45) is 5.50. The van der Waals surface area contributed by atoms with Crippen molar-refractivity contribution in [3.8, 4) is 0 Å². The molecule has 118 valence electrons. The number of anilines is 1. The minimum Gasteiger partial charge on any atom is -0.382 e. The van der Waals surface area contributed by atoms with Crippen molar-refractivity contribution in [2.24, 2.45) is 17.8 Å². The van der Waals surface area contributed by atoms with Crippen LogP contribution < -0.4 is 5.32 Å². The van der Waals surface area contributed by atoms with Crippen LogP contribution in [0.3, 0.4) is 0 Å². The van der Waals surface area contributed by atoms with E-state index in [1.807, 2.05) is 0 Å². The van der Waals surface area contributed by atoms with Crippen LogP contribution in [-0.2, 0) is 4.79 Å². The van der Waals surface area contributed by atoms with Crippen molar-refractivity contribution in [3.05, 3.63) is 30.3 Å². The van der Waals surface area contributed by atoms with Gasteiger partial charge in [0.05, 0.1) is 0 Å². The number of piperidine rings is 1. The largest absolute Gasteiger partial charge is 0.382 e. The first-order valence-electron chi connectivity index (χ1n) is 8.89. The summed E-state index contributed by atoms with van der Waals surface area (Å²) >= 11 is 0. The van der Waals surface area contributed by atoms with Crippen LogP contribution in [0.1, 0.15) is 39.0 Å². The van der Waals surface area contributed by atoms with Crippen LogP contribution in [0, 0.1) is 17.8 Å². The molecule has 3 fully saturated rings. The van der Waals surface area contributed by atoms with Crippen LogP contribution in [0.4, 0.5) is 5.69 Å². The first kappa shape index (κ1) is 14.1. The maximum absolute atomic E-state index is 12.2. The zero-order valence-corrected chi connectivity index (χ0v) is 13.4. The first-order chi connectivity index (χ1) is 10.8. The number of rotatable bonds is 3. The zero-order valence-electron chi connectivity index (χ0n) is 13.4. The molecule has 0 aromatic heterocycles. The van der Waals surface area contributed by atoms with E-state index in [1.165, 1.54) is 24.9 Å². The van der Waals surface area contributed by atoms with E-state index in [-0.39, 0.29) is 0 Å². The summed E-state index contributed by atoms with van der Waals surface area (Å²) in [4.78, 5) is 14.4. The molecule has 3 heteroatoms. The van der Waals surface area contributed by atoms with E-state index in [0.717, 1.165) is 19.4 Å². The third kappa shape index (κ3) is 2.22. The van der Waals surface area contributed by atoms with Gasteiger partial charge in [0.2, 0.25) is 5.91 Å². The second kappa shape index (κ2) is 5.60. The number of nitrogens with one attached hydrogen (secondary N) is 1. The standard InChI is InChI=1S/C19H26N2O/c1-2-15-16-8-9-18(22)21-11-10-13(19(16)21)12-17(15)20-14-6-4-3-5-7-14/h3-7,13,15-17,19-20H,2,8-12H2,1H3/t13-,15+,16+,17?,19-/m0/s1. The van der Waals surface area contributed by atoms with Crippen LogP contribution in [-0.4, -0.2) is 29.4 Å². The summed E-state index contributed by atoms with van der Waals surface area (Å²) in [6.45, 7) is 3.32. The molecule has 0 radical (unpaired) electrons. The fourth-order valence-corrected chi connectivity index (χ4v) is 5.38. The highest BCUT2D eigenvalue weighted by Gasteiger charge is 2.52. The molecule has 22 heavy (non-hydrogen) atoms. The van der Waals surface area contributed by atoms with Crippen molar-refractivity contribution in [2.45, 2.75) is 51.1 Å². The number of benzene rings is 1. The Kier molecular flexibility index (Phi) is 3.59. The second-order valence-electron chi connectivity index (χ2n) is 7.25. The van der Waals surface area contributed by atoms with E-state index in [0.29, 0.717) is 35.7 Å². The number of carbonyl (C=O) groups is 1. The van der Waals surface area contributed by atoms with Crippen LogP contribution in [0.5, 0.6) is 0 Å². The maximum Gasteiger partial charge on any atom is 0.222 e. The molecule has 2 aliphatic heterocycles. The van der Waals surface area contributed by atoms with Crippen LogP contribution in [0.25, 0.3) is 0 Å². The molecule has 2 heterocycles. The summed E-state index contributed by atoms with van der Waals surface area (Å²) in [5.41, 5.74) is 1.24. The predicted molar refractivity (Wildman–Crippen MR) is 88.6 cm³/mol. The van der Waals surface area contributed by atoms with Gasteiger partial charge in [-0.2, -0.15) is 0 Å². The van der Waals surface area contributed by atoms with Gasteiger partial charge in [-0.05, 0) is 49.1 Å². The molecule has 1 aromatic rings. The zero-order chi connectivity index (χ0) is 15.1. The normalized spacial score (nSPS) is 37.0. The summed E-state index contributed by atoms with van der Waals surface area (Å²) in [6, 6.07) is 11.7. The van der Waals surface area contributed by atoms with Crippen LogP contribution in [0.15, 0.2) is 30.3 Å². The van der Waals surface area contributed by atoms with E-state index in [4.69, 9.17) is 0 Å². The maximum atomic E-state index is 12.2. The molecule has 0 spiro atoms. The van der Waals surface area contributed by atoms with Crippen molar-refractivity contribution in [1.82, 2.24) is 4.90 Å². The topological polar surface area (TPSA) is 32.3 Å². The Morgan fingerprint density at radius 3 is 2.82 bits per heavy atom. The average Bonchev–Trinajstić information content (AvgIpc) is 2.97. The first-order valence-corrected chi connectivity index (χ1v) is 8.89. The van der Waals surface area contributed by atoms with Gasteiger partial charge in [-0.25, -0.2) is 0 Å². The van der Waals surface area contributed by atoms with E-state index in [2.05, 4.69) is 47.5 Å². The predicted octanol–water partition coefficient (Wildman–Crippen LogP) is 3.52. The number of carbonyl (C=O) groups excluding carboxylic acids is 1. The van der Waals surface area contributed by atoms with E-state index in [9.17, 15) is 4.79 Å². The highest BCUT2D eigenvalue weighted by Crippen LogP contribution is 2.48. The Hall–Kier alpha value is -1.51. The molecule has 2 saturated heterocycles. The quantitative estimate of drug-likeness (QED) is 0.926. The molecular formula is C19H26N2O. The van der Waals surface area contributed by atoms with Gasteiger partial charge in [0.15, 0.2) is 0 Å². The van der Waals surface area contributed by atoms with E-state index >= 15 is 0 Å². The SMILES string of the molecule is CC[C@H]1C(Nc2ccccc2)C[C@@H]2CCN3C(=O)CC[C@H]1[C@H]23. The Balaban J connectivity index is 1.58. The molecule has 0 bridgehead atoms. The summed E-state index contributed by atoms with van der Waals surface area (Å²) < 4.78 is 0. The smallest absolute Gasteiger partial charge is 0.222 e. The van der Waals surface area contributed by atoms with Gasteiger partial charge in [0, 0.05) is 30.7 Å². The van der Waals surface area contributed by atoms with Crippen molar-refractivity contribution in [2.75, 3.05) is 11.9 Å². The van der Waals surface area contributed by atoms with Gasteiger partial charge in [0.1, 0.15) is 0 Å². The lowest BCUT2D eigenvalue weighted by atomic mass is 9.64. The van der Waals surface area contributed by atoms with Gasteiger partial charge < -0.3 is 10.2 Å². The third-order valence-corrected chi connectivity index (χ3v) is 6.25. The molecular weight excluding hydrogens is 272 g/mol. The van der Waals surface area contributed by atoms with Crippen molar-refractivity contribution in [3.63, 3.8) is 0 Å². The second-order valence-corrected chi connectivity index (χ2v) is 7.25. The lowest BCUT2D eigenvalue weighted by Gasteiger charge is -2.50. The molecule has 3 nitrogen and oxygen atoms in total. The Morgan fingerprint density at radius 1 is 1.23 bits per heavy atom. The van der Waals surface area contributed by atoms with Gasteiger partial charge in [-0.3, -0.25) is 4.79 Å². The monoisotopic (exact) mass is 298 g/mol. The van der Waals surface area contributed by atoms with Crippen molar-refractivity contribution >= 4 is 11.6 Å². The molecule has 1 saturated carbocycles. The molecule has 3 aliphatic rings. The third-order valence-electron chi connectivity index (χ3n) is 6.25. The van der Waals surface area contributed by atoms with Crippen LogP contribution in [0.2, 0.25) is 0 Å². The molecule has 1 aromatic carbocycles. The lowest BCUT2D eigenvalue weighted by Crippen LogP contribution is -2.56. The molecule has 1 aliphatic carbocycles. The summed E-state index contributed by atoms with van der Waals surface area (Å²) in [7, 11) is 0. The van der Waals surface area contributed by atoms with Gasteiger partial charge >= 0.3 is 0 Å². The fraction of sp³-hybridized carbons (Fsp3) is 0.632. The fourth-order valence-electron chi connectivity index (χ4n) is 5.38. The number of hydrogen-bond donors (Lipinski definition) is 1. The summed E-state index contributed by atoms with van der Waals surface area (Å²) in [5.74, 6) is 2.51. The lowest BCUT2D eigenvalue weighted by molar-refractivity contribution is -0.139. The van der Waals surface area contributed by atoms with Gasteiger partial charge in [-0.1, -0.05) is 31.5 Å². The Labute approximate surface area is 133 Å². The average molecular weight is 298 g/mol. The number of nitrogens with zero attached hydrogens (tertiary/aromatic N) is 1. The van der Waals surface area contributed by atoms with Crippen molar-refractivity contribution < 1.29 is 4.79 Å². The minimum atomic E-state index is 0.410. The number of amides is 1. The molecule has 5 atom stereocenters. The highest BCUT2D eigenvalue weighted by atomic mass is 16.2. The van der Waals surface area contributed by atoms with Gasteiger partial charge in [0.25, 0.3) is 0 Å². The molecule has 4 rings (SSSR count). The van der Waals surface area contributed by atoms with Crippen LogP contribution >= 0.6 is 0 Å².